The minimum absolute atomic E-state index is 0.0502. The van der Waals surface area contributed by atoms with Crippen molar-refractivity contribution in [2.75, 3.05) is 5.75 Å². The van der Waals surface area contributed by atoms with Crippen LogP contribution in [0.1, 0.15) is 5.56 Å². The van der Waals surface area contributed by atoms with Crippen LogP contribution in [0.15, 0.2) is 24.3 Å². The highest BCUT2D eigenvalue weighted by molar-refractivity contribution is 7.90. The SMILES string of the molecule is [CH2]CS(=O)(=O)Cc1ccc([N+](=O)[O-])cc1. The molecule has 0 aromatic heterocycles. The van der Waals surface area contributed by atoms with Gasteiger partial charge in [0.1, 0.15) is 0 Å². The summed E-state index contributed by atoms with van der Waals surface area (Å²) >= 11 is 0. The van der Waals surface area contributed by atoms with Gasteiger partial charge in [0.2, 0.25) is 0 Å². The minimum Gasteiger partial charge on any atom is -0.258 e. The van der Waals surface area contributed by atoms with E-state index in [4.69, 9.17) is 0 Å². The van der Waals surface area contributed by atoms with Crippen LogP contribution in [0.2, 0.25) is 0 Å². The van der Waals surface area contributed by atoms with E-state index in [0.29, 0.717) is 5.56 Å². The summed E-state index contributed by atoms with van der Waals surface area (Å²) in [5.74, 6) is -0.307. The summed E-state index contributed by atoms with van der Waals surface area (Å²) in [6.45, 7) is 3.30. The summed E-state index contributed by atoms with van der Waals surface area (Å²) in [6.07, 6.45) is 0. The molecule has 0 aliphatic heterocycles. The fourth-order valence-electron chi connectivity index (χ4n) is 1.04. The van der Waals surface area contributed by atoms with Gasteiger partial charge in [0.25, 0.3) is 5.69 Å². The highest BCUT2D eigenvalue weighted by Crippen LogP contribution is 2.13. The summed E-state index contributed by atoms with van der Waals surface area (Å²) in [7, 11) is -3.19. The maximum Gasteiger partial charge on any atom is 0.269 e. The zero-order valence-electron chi connectivity index (χ0n) is 7.92. The topological polar surface area (TPSA) is 77.3 Å². The minimum atomic E-state index is -3.19. The van der Waals surface area contributed by atoms with E-state index >= 15 is 0 Å². The van der Waals surface area contributed by atoms with Gasteiger partial charge >= 0.3 is 0 Å². The second-order valence-electron chi connectivity index (χ2n) is 3.02. The van der Waals surface area contributed by atoms with E-state index in [1.165, 1.54) is 24.3 Å². The van der Waals surface area contributed by atoms with E-state index in [0.717, 1.165) is 0 Å². The quantitative estimate of drug-likeness (QED) is 0.575. The van der Waals surface area contributed by atoms with Gasteiger partial charge in [-0.2, -0.15) is 0 Å². The van der Waals surface area contributed by atoms with Gasteiger partial charge in [-0.1, -0.05) is 12.1 Å². The van der Waals surface area contributed by atoms with E-state index in [-0.39, 0.29) is 17.2 Å². The van der Waals surface area contributed by atoms with Crippen LogP contribution in [0.3, 0.4) is 0 Å². The molecule has 5 nitrogen and oxygen atoms in total. The van der Waals surface area contributed by atoms with Gasteiger partial charge in [-0.3, -0.25) is 10.1 Å². The highest BCUT2D eigenvalue weighted by Gasteiger charge is 2.10. The Morgan fingerprint density at radius 2 is 1.80 bits per heavy atom. The Balaban J connectivity index is 2.86. The molecule has 0 fully saturated rings. The van der Waals surface area contributed by atoms with Gasteiger partial charge in [-0.15, -0.1) is 0 Å². The Morgan fingerprint density at radius 1 is 1.27 bits per heavy atom. The summed E-state index contributed by atoms with van der Waals surface area (Å²) in [4.78, 5) is 9.80. The van der Waals surface area contributed by atoms with Crippen molar-refractivity contribution in [1.82, 2.24) is 0 Å². The normalized spacial score (nSPS) is 11.3. The highest BCUT2D eigenvalue weighted by atomic mass is 32.2. The van der Waals surface area contributed by atoms with Gasteiger partial charge in [0.05, 0.1) is 16.4 Å². The fourth-order valence-corrected chi connectivity index (χ4v) is 1.88. The summed E-state index contributed by atoms with van der Waals surface area (Å²) in [6, 6.07) is 5.44. The number of rotatable bonds is 4. The molecule has 0 bridgehead atoms. The zero-order valence-corrected chi connectivity index (χ0v) is 8.74. The van der Waals surface area contributed by atoms with E-state index < -0.39 is 14.8 Å². The third-order valence-corrected chi connectivity index (χ3v) is 3.24. The molecular formula is C9H10NO4S. The Bertz CT molecular complexity index is 450. The lowest BCUT2D eigenvalue weighted by atomic mass is 10.2. The first-order valence-corrected chi connectivity index (χ1v) is 6.00. The first kappa shape index (κ1) is 11.6. The molecule has 15 heavy (non-hydrogen) atoms. The summed E-state index contributed by atoms with van der Waals surface area (Å²) in [5, 5.41) is 10.3. The second-order valence-corrected chi connectivity index (χ2v) is 5.20. The lowest BCUT2D eigenvalue weighted by Crippen LogP contribution is -2.06. The molecule has 0 N–H and O–H groups in total. The predicted molar refractivity (Wildman–Crippen MR) is 55.9 cm³/mol. The lowest BCUT2D eigenvalue weighted by molar-refractivity contribution is -0.384. The monoisotopic (exact) mass is 228 g/mol. The number of hydrogen-bond donors (Lipinski definition) is 0. The zero-order chi connectivity index (χ0) is 11.5. The van der Waals surface area contributed by atoms with Gasteiger partial charge in [-0.05, 0) is 12.5 Å². The van der Waals surface area contributed by atoms with Crippen molar-refractivity contribution in [3.63, 3.8) is 0 Å². The molecule has 1 aromatic carbocycles. The molecule has 1 aromatic rings. The number of sulfone groups is 1. The van der Waals surface area contributed by atoms with Gasteiger partial charge in [0.15, 0.2) is 9.84 Å². The Kier molecular flexibility index (Phi) is 3.41. The number of non-ortho nitro benzene ring substituents is 1. The maximum atomic E-state index is 11.2. The Labute approximate surface area is 87.8 Å². The molecule has 0 spiro atoms. The van der Waals surface area contributed by atoms with Crippen LogP contribution in [0.25, 0.3) is 0 Å². The van der Waals surface area contributed by atoms with Crippen LogP contribution in [0.4, 0.5) is 5.69 Å². The third kappa shape index (κ3) is 3.32. The number of nitro benzene ring substituents is 1. The van der Waals surface area contributed by atoms with E-state index in [1.807, 2.05) is 0 Å². The predicted octanol–water partition coefficient (Wildman–Crippen LogP) is 1.34. The lowest BCUT2D eigenvalue weighted by Gasteiger charge is -2.00. The van der Waals surface area contributed by atoms with Gasteiger partial charge < -0.3 is 0 Å². The van der Waals surface area contributed by atoms with E-state index in [9.17, 15) is 18.5 Å². The number of nitro groups is 1. The van der Waals surface area contributed by atoms with Crippen molar-refractivity contribution in [3.05, 3.63) is 46.9 Å². The van der Waals surface area contributed by atoms with Crippen LogP contribution in [0, 0.1) is 17.0 Å². The molecule has 0 amide bonds. The first-order chi connectivity index (χ1) is 6.94. The molecule has 0 atom stereocenters. The van der Waals surface area contributed by atoms with E-state index in [1.54, 1.807) is 0 Å². The third-order valence-electron chi connectivity index (χ3n) is 1.84. The molecule has 81 valence electrons. The average Bonchev–Trinajstić information content (AvgIpc) is 2.18. The first-order valence-electron chi connectivity index (χ1n) is 4.17. The van der Waals surface area contributed by atoms with Gasteiger partial charge in [-0.25, -0.2) is 8.42 Å². The molecule has 0 aliphatic rings. The summed E-state index contributed by atoms with van der Waals surface area (Å²) < 4.78 is 22.4. The van der Waals surface area contributed by atoms with Crippen molar-refractivity contribution >= 4 is 15.5 Å². The number of hydrogen-bond acceptors (Lipinski definition) is 4. The largest absolute Gasteiger partial charge is 0.269 e. The van der Waals surface area contributed by atoms with E-state index in [2.05, 4.69) is 6.92 Å². The molecule has 0 saturated heterocycles. The van der Waals surface area contributed by atoms with Crippen LogP contribution in [-0.2, 0) is 15.6 Å². The molecular weight excluding hydrogens is 218 g/mol. The summed E-state index contributed by atoms with van der Waals surface area (Å²) in [5.41, 5.74) is 0.482. The van der Waals surface area contributed by atoms with Crippen LogP contribution < -0.4 is 0 Å². The van der Waals surface area contributed by atoms with Crippen LogP contribution in [-0.4, -0.2) is 19.1 Å². The van der Waals surface area contributed by atoms with Crippen molar-refractivity contribution in [2.24, 2.45) is 0 Å². The number of nitrogens with zero attached hydrogens (tertiary/aromatic N) is 1. The Morgan fingerprint density at radius 3 is 2.20 bits per heavy atom. The molecule has 1 rings (SSSR count). The number of benzene rings is 1. The smallest absolute Gasteiger partial charge is 0.258 e. The second kappa shape index (κ2) is 4.39. The fraction of sp³-hybridized carbons (Fsp3) is 0.222. The van der Waals surface area contributed by atoms with Crippen molar-refractivity contribution in [1.29, 1.82) is 0 Å². The standard InChI is InChI=1S/C9H10NO4S/c1-2-15(13,14)7-8-3-5-9(6-4-8)10(11)12/h3-6H,1-2,7H2. The molecule has 0 heterocycles. The molecule has 1 radical (unpaired) electrons. The molecule has 0 saturated carbocycles. The Hall–Kier alpha value is -1.43. The maximum absolute atomic E-state index is 11.2. The van der Waals surface area contributed by atoms with Crippen molar-refractivity contribution in [3.8, 4) is 0 Å². The van der Waals surface area contributed by atoms with Crippen molar-refractivity contribution in [2.45, 2.75) is 5.75 Å². The molecule has 6 heteroatoms. The molecule has 0 unspecified atom stereocenters. The molecule has 0 aliphatic carbocycles. The van der Waals surface area contributed by atoms with Crippen LogP contribution in [0.5, 0.6) is 0 Å². The average molecular weight is 228 g/mol. The van der Waals surface area contributed by atoms with Crippen molar-refractivity contribution < 1.29 is 13.3 Å². The van der Waals surface area contributed by atoms with Crippen LogP contribution >= 0.6 is 0 Å². The van der Waals surface area contributed by atoms with Gasteiger partial charge in [0, 0.05) is 12.1 Å².